The Labute approximate surface area is 177 Å². The van der Waals surface area contributed by atoms with E-state index in [0.29, 0.717) is 5.75 Å². The number of carbonyl (C=O) groups excluding carboxylic acids is 1. The number of aryl methyl sites for hydroxylation is 1. The number of nitrogens with one attached hydrogen (secondary N) is 1. The Morgan fingerprint density at radius 1 is 1.10 bits per heavy atom. The molecule has 0 saturated heterocycles. The molecule has 0 aliphatic rings. The van der Waals surface area contributed by atoms with E-state index in [0.717, 1.165) is 27.5 Å². The zero-order valence-electron chi connectivity index (χ0n) is 17.5. The van der Waals surface area contributed by atoms with Crippen LogP contribution in [0.1, 0.15) is 18.9 Å². The molecule has 164 valence electrons. The Balaban J connectivity index is 1.94. The first-order valence-electron chi connectivity index (χ1n) is 9.69. The van der Waals surface area contributed by atoms with Gasteiger partial charge in [-0.25, -0.2) is 8.70 Å². The molecule has 1 N–H and O–H groups in total. The molecule has 0 saturated carbocycles. The van der Waals surface area contributed by atoms with E-state index in [-0.39, 0.29) is 18.8 Å². The molecule has 7 nitrogen and oxygen atoms in total. The van der Waals surface area contributed by atoms with Crippen molar-refractivity contribution in [2.75, 3.05) is 38.1 Å². The zero-order chi connectivity index (χ0) is 22.1. The fourth-order valence-corrected chi connectivity index (χ4v) is 3.80. The van der Waals surface area contributed by atoms with Gasteiger partial charge in [0.15, 0.2) is 0 Å². The van der Waals surface area contributed by atoms with Gasteiger partial charge in [-0.15, -0.1) is 0 Å². The maximum Gasteiger partial charge on any atom is 0.304 e. The van der Waals surface area contributed by atoms with Crippen molar-refractivity contribution in [2.24, 2.45) is 0 Å². The van der Waals surface area contributed by atoms with Crippen LogP contribution in [-0.4, -0.2) is 52.4 Å². The summed E-state index contributed by atoms with van der Waals surface area (Å²) in [6, 6.07) is 13.2. The van der Waals surface area contributed by atoms with Crippen LogP contribution in [-0.2, 0) is 21.4 Å². The van der Waals surface area contributed by atoms with Gasteiger partial charge in [0.2, 0.25) is 5.91 Å². The van der Waals surface area contributed by atoms with E-state index in [2.05, 4.69) is 12.2 Å². The van der Waals surface area contributed by atoms with Gasteiger partial charge in [-0.2, -0.15) is 12.7 Å². The standard InChI is InChI=1S/C21H28FN3O4S/c1-4-7-17-10-12-18(13-11-17)29-15-14-23-21(26)16-25(30(27,28)24(2)3)20-9-6-5-8-19(20)22/h5-6,8-13H,4,7,14-16H2,1-3H3,(H,23,26). The van der Waals surface area contributed by atoms with Crippen LogP contribution in [0, 0.1) is 5.82 Å². The fraction of sp³-hybridized carbons (Fsp3) is 0.381. The molecule has 0 unspecified atom stereocenters. The first-order valence-corrected chi connectivity index (χ1v) is 11.1. The number of carbonyl (C=O) groups is 1. The highest BCUT2D eigenvalue weighted by Crippen LogP contribution is 2.22. The first-order chi connectivity index (χ1) is 14.3. The van der Waals surface area contributed by atoms with Gasteiger partial charge < -0.3 is 10.1 Å². The molecule has 0 fully saturated rings. The summed E-state index contributed by atoms with van der Waals surface area (Å²) < 4.78 is 46.6. The van der Waals surface area contributed by atoms with Crippen molar-refractivity contribution < 1.29 is 22.3 Å². The highest BCUT2D eigenvalue weighted by atomic mass is 32.2. The summed E-state index contributed by atoms with van der Waals surface area (Å²) in [5, 5.41) is 2.60. The number of ether oxygens (including phenoxy) is 1. The van der Waals surface area contributed by atoms with Crippen molar-refractivity contribution in [1.29, 1.82) is 0 Å². The molecule has 0 atom stereocenters. The number of hydrogen-bond donors (Lipinski definition) is 1. The number of para-hydroxylation sites is 1. The molecule has 0 spiro atoms. The molecule has 1 amide bonds. The van der Waals surface area contributed by atoms with Crippen molar-refractivity contribution in [2.45, 2.75) is 19.8 Å². The maximum absolute atomic E-state index is 14.2. The van der Waals surface area contributed by atoms with E-state index < -0.39 is 28.5 Å². The monoisotopic (exact) mass is 437 g/mol. The third-order valence-electron chi connectivity index (χ3n) is 4.30. The van der Waals surface area contributed by atoms with Gasteiger partial charge in [0.1, 0.15) is 24.7 Å². The first kappa shape index (κ1) is 23.6. The molecular formula is C21H28FN3O4S. The second-order valence-electron chi connectivity index (χ2n) is 6.84. The summed E-state index contributed by atoms with van der Waals surface area (Å²) in [4.78, 5) is 12.3. The van der Waals surface area contributed by atoms with Crippen molar-refractivity contribution in [3.8, 4) is 5.75 Å². The third-order valence-corrected chi connectivity index (χ3v) is 6.11. The third kappa shape index (κ3) is 6.43. The average molecular weight is 438 g/mol. The van der Waals surface area contributed by atoms with Crippen LogP contribution in [0.5, 0.6) is 5.75 Å². The summed E-state index contributed by atoms with van der Waals surface area (Å²) in [5.74, 6) is -0.608. The van der Waals surface area contributed by atoms with Crippen molar-refractivity contribution in [3.63, 3.8) is 0 Å². The largest absolute Gasteiger partial charge is 0.492 e. The quantitative estimate of drug-likeness (QED) is 0.548. The van der Waals surface area contributed by atoms with E-state index in [4.69, 9.17) is 4.74 Å². The number of hydrogen-bond acceptors (Lipinski definition) is 4. The van der Waals surface area contributed by atoms with Crippen molar-refractivity contribution in [1.82, 2.24) is 9.62 Å². The van der Waals surface area contributed by atoms with E-state index in [9.17, 15) is 17.6 Å². The minimum atomic E-state index is -4.06. The van der Waals surface area contributed by atoms with Crippen molar-refractivity contribution >= 4 is 21.8 Å². The van der Waals surface area contributed by atoms with Crippen LogP contribution in [0.3, 0.4) is 0 Å². The van der Waals surface area contributed by atoms with Crippen molar-refractivity contribution in [3.05, 3.63) is 59.9 Å². The summed E-state index contributed by atoms with van der Waals surface area (Å²) in [6.45, 7) is 1.97. The summed E-state index contributed by atoms with van der Waals surface area (Å²) in [5.41, 5.74) is 1.04. The Kier molecular flexibility index (Phi) is 8.61. The van der Waals surface area contributed by atoms with Crippen LogP contribution in [0.4, 0.5) is 10.1 Å². The molecule has 0 aromatic heterocycles. The zero-order valence-corrected chi connectivity index (χ0v) is 18.3. The molecule has 0 bridgehead atoms. The molecule has 2 rings (SSSR count). The summed E-state index contributed by atoms with van der Waals surface area (Å²) in [6.07, 6.45) is 2.07. The topological polar surface area (TPSA) is 79.0 Å². The van der Waals surface area contributed by atoms with Gasteiger partial charge in [0.05, 0.1) is 12.2 Å². The van der Waals surface area contributed by atoms with Crippen LogP contribution in [0.2, 0.25) is 0 Å². The van der Waals surface area contributed by atoms with Gasteiger partial charge in [-0.3, -0.25) is 4.79 Å². The normalized spacial score (nSPS) is 11.4. The lowest BCUT2D eigenvalue weighted by molar-refractivity contribution is -0.119. The van der Waals surface area contributed by atoms with Gasteiger partial charge in [0, 0.05) is 14.1 Å². The van der Waals surface area contributed by atoms with Crippen LogP contribution in [0.15, 0.2) is 48.5 Å². The fourth-order valence-electron chi connectivity index (χ4n) is 2.73. The number of halogens is 1. The Morgan fingerprint density at radius 3 is 2.37 bits per heavy atom. The molecule has 9 heteroatoms. The molecule has 0 radical (unpaired) electrons. The highest BCUT2D eigenvalue weighted by Gasteiger charge is 2.29. The van der Waals surface area contributed by atoms with E-state index in [1.807, 2.05) is 24.3 Å². The SMILES string of the molecule is CCCc1ccc(OCCNC(=O)CN(c2ccccc2F)S(=O)(=O)N(C)C)cc1. The minimum absolute atomic E-state index is 0.183. The molecule has 0 heterocycles. The lowest BCUT2D eigenvalue weighted by atomic mass is 10.1. The Morgan fingerprint density at radius 2 is 1.77 bits per heavy atom. The summed E-state index contributed by atoms with van der Waals surface area (Å²) >= 11 is 0. The number of nitrogens with zero attached hydrogens (tertiary/aromatic N) is 2. The average Bonchev–Trinajstić information content (AvgIpc) is 2.71. The van der Waals surface area contributed by atoms with Gasteiger partial charge >= 0.3 is 10.2 Å². The second-order valence-corrected chi connectivity index (χ2v) is 8.91. The lowest BCUT2D eigenvalue weighted by Gasteiger charge is -2.27. The number of rotatable bonds is 11. The minimum Gasteiger partial charge on any atom is -0.492 e. The molecule has 2 aromatic carbocycles. The molecule has 30 heavy (non-hydrogen) atoms. The summed E-state index contributed by atoms with van der Waals surface area (Å²) in [7, 11) is -1.42. The van der Waals surface area contributed by atoms with Gasteiger partial charge in [-0.05, 0) is 36.2 Å². The van der Waals surface area contributed by atoms with Crippen LogP contribution >= 0.6 is 0 Å². The molecule has 2 aromatic rings. The highest BCUT2D eigenvalue weighted by molar-refractivity contribution is 7.90. The van der Waals surface area contributed by atoms with E-state index in [1.54, 1.807) is 0 Å². The number of amides is 1. The number of anilines is 1. The van der Waals surface area contributed by atoms with E-state index in [1.165, 1.54) is 37.9 Å². The Hall–Kier alpha value is -2.65. The smallest absolute Gasteiger partial charge is 0.304 e. The molecular weight excluding hydrogens is 409 g/mol. The maximum atomic E-state index is 14.2. The van der Waals surface area contributed by atoms with E-state index >= 15 is 0 Å². The molecule has 0 aliphatic heterocycles. The predicted molar refractivity (Wildman–Crippen MR) is 115 cm³/mol. The van der Waals surface area contributed by atoms with Crippen LogP contribution < -0.4 is 14.4 Å². The molecule has 0 aliphatic carbocycles. The van der Waals surface area contributed by atoms with Gasteiger partial charge in [-0.1, -0.05) is 37.6 Å². The number of benzene rings is 2. The lowest BCUT2D eigenvalue weighted by Crippen LogP contribution is -2.46. The van der Waals surface area contributed by atoms with Gasteiger partial charge in [0.25, 0.3) is 0 Å². The van der Waals surface area contributed by atoms with Crippen LogP contribution in [0.25, 0.3) is 0 Å². The predicted octanol–water partition coefficient (Wildman–Crippen LogP) is 2.59. The second kappa shape index (κ2) is 10.9. The Bertz CT molecular complexity index is 934.